The van der Waals surface area contributed by atoms with Crippen molar-refractivity contribution in [3.63, 3.8) is 0 Å². The van der Waals surface area contributed by atoms with Gasteiger partial charge in [-0.1, -0.05) is 0 Å². The number of aromatic nitrogens is 2. The third-order valence-electron chi connectivity index (χ3n) is 4.12. The summed E-state index contributed by atoms with van der Waals surface area (Å²) >= 11 is 6.53. The molecule has 8 nitrogen and oxygen atoms in total. The Bertz CT molecular complexity index is 873. The second kappa shape index (κ2) is 9.65. The molecular formula is C18H25N5O3S2. The van der Waals surface area contributed by atoms with Crippen LogP contribution >= 0.6 is 23.6 Å². The number of nitrogens with zero attached hydrogens (tertiary/aromatic N) is 3. The summed E-state index contributed by atoms with van der Waals surface area (Å²) < 4.78 is 6.80. The average Bonchev–Trinajstić information content (AvgIpc) is 3.20. The zero-order valence-electron chi connectivity index (χ0n) is 16.7. The van der Waals surface area contributed by atoms with Gasteiger partial charge >= 0.3 is 5.97 Å². The molecule has 0 saturated carbocycles. The van der Waals surface area contributed by atoms with Gasteiger partial charge in [0.15, 0.2) is 5.11 Å². The van der Waals surface area contributed by atoms with Gasteiger partial charge in [0.1, 0.15) is 5.00 Å². The van der Waals surface area contributed by atoms with Crippen LogP contribution in [0.25, 0.3) is 0 Å². The van der Waals surface area contributed by atoms with Crippen molar-refractivity contribution in [1.29, 1.82) is 0 Å². The van der Waals surface area contributed by atoms with Crippen molar-refractivity contribution in [1.82, 2.24) is 20.0 Å². The first-order chi connectivity index (χ1) is 13.3. The van der Waals surface area contributed by atoms with Gasteiger partial charge < -0.3 is 20.3 Å². The third kappa shape index (κ3) is 5.08. The number of anilines is 1. The number of methoxy groups -OCH3 is 1. The summed E-state index contributed by atoms with van der Waals surface area (Å²) in [7, 11) is 4.64. The summed E-state index contributed by atoms with van der Waals surface area (Å²) in [6.45, 7) is 5.16. The summed E-state index contributed by atoms with van der Waals surface area (Å²) in [4.78, 5) is 26.5. The summed E-state index contributed by atoms with van der Waals surface area (Å²) in [5.41, 5.74) is 2.01. The van der Waals surface area contributed by atoms with E-state index in [-0.39, 0.29) is 5.91 Å². The molecule has 0 fully saturated rings. The van der Waals surface area contributed by atoms with Crippen molar-refractivity contribution >= 4 is 45.5 Å². The second-order valence-electron chi connectivity index (χ2n) is 6.38. The average molecular weight is 424 g/mol. The van der Waals surface area contributed by atoms with Crippen molar-refractivity contribution in [2.75, 3.05) is 33.1 Å². The van der Waals surface area contributed by atoms with Gasteiger partial charge in [-0.3, -0.25) is 9.48 Å². The Morgan fingerprint density at radius 3 is 2.64 bits per heavy atom. The number of carbonyl (C=O) groups is 2. The number of amides is 1. The van der Waals surface area contributed by atoms with Gasteiger partial charge in [-0.05, 0) is 44.1 Å². The van der Waals surface area contributed by atoms with Gasteiger partial charge in [0, 0.05) is 39.1 Å². The van der Waals surface area contributed by atoms with Gasteiger partial charge in [0.05, 0.1) is 17.6 Å². The molecule has 0 saturated heterocycles. The molecule has 2 aromatic heterocycles. The van der Waals surface area contributed by atoms with Gasteiger partial charge in [-0.25, -0.2) is 4.79 Å². The quantitative estimate of drug-likeness (QED) is 0.402. The van der Waals surface area contributed by atoms with Crippen LogP contribution in [0.15, 0.2) is 12.3 Å². The van der Waals surface area contributed by atoms with Crippen LogP contribution in [0.4, 0.5) is 5.00 Å². The number of hydrogen-bond acceptors (Lipinski definition) is 6. The molecule has 10 heteroatoms. The molecule has 2 N–H and O–H groups in total. The number of carbonyl (C=O) groups excluding carboxylic acids is 2. The molecule has 28 heavy (non-hydrogen) atoms. The zero-order chi connectivity index (χ0) is 20.8. The molecule has 2 rings (SSSR count). The lowest BCUT2D eigenvalue weighted by Gasteiger charge is -2.11. The van der Waals surface area contributed by atoms with Gasteiger partial charge in [-0.2, -0.15) is 5.10 Å². The van der Waals surface area contributed by atoms with Crippen molar-refractivity contribution in [3.8, 4) is 0 Å². The smallest absolute Gasteiger partial charge is 0.341 e. The van der Waals surface area contributed by atoms with Crippen molar-refractivity contribution < 1.29 is 14.3 Å². The maximum atomic E-state index is 12.4. The number of hydrogen-bond donors (Lipinski definition) is 2. The molecule has 0 bridgehead atoms. The molecule has 0 aliphatic heterocycles. The van der Waals surface area contributed by atoms with E-state index in [0.29, 0.717) is 32.7 Å². The summed E-state index contributed by atoms with van der Waals surface area (Å²) in [5, 5.41) is 11.3. The van der Waals surface area contributed by atoms with Gasteiger partial charge in [0.25, 0.3) is 5.91 Å². The van der Waals surface area contributed by atoms with Crippen LogP contribution in [0, 0.1) is 13.8 Å². The Balaban J connectivity index is 2.03. The van der Waals surface area contributed by atoms with E-state index >= 15 is 0 Å². The van der Waals surface area contributed by atoms with Crippen LogP contribution in [0.1, 0.15) is 37.7 Å². The molecule has 0 radical (unpaired) electrons. The highest BCUT2D eigenvalue weighted by Gasteiger charge is 2.26. The largest absolute Gasteiger partial charge is 0.465 e. The zero-order valence-corrected chi connectivity index (χ0v) is 18.3. The minimum atomic E-state index is -0.508. The number of nitrogens with one attached hydrogen (secondary N) is 2. The molecule has 0 atom stereocenters. The van der Waals surface area contributed by atoms with E-state index in [1.54, 1.807) is 27.2 Å². The predicted octanol–water partition coefficient (Wildman–Crippen LogP) is 2.43. The molecule has 0 aliphatic carbocycles. The monoisotopic (exact) mass is 423 g/mol. The van der Waals surface area contributed by atoms with Crippen LogP contribution < -0.4 is 10.6 Å². The highest BCUT2D eigenvalue weighted by atomic mass is 32.1. The first-order valence-electron chi connectivity index (χ1n) is 8.72. The summed E-state index contributed by atoms with van der Waals surface area (Å²) in [6.07, 6.45) is 2.61. The molecule has 152 valence electrons. The molecule has 0 spiro atoms. The Kier molecular flexibility index (Phi) is 7.53. The van der Waals surface area contributed by atoms with Crippen LogP contribution in [0.3, 0.4) is 0 Å². The van der Waals surface area contributed by atoms with E-state index in [0.717, 1.165) is 18.7 Å². The van der Waals surface area contributed by atoms with E-state index in [1.165, 1.54) is 23.3 Å². The first-order valence-corrected chi connectivity index (χ1v) is 9.95. The maximum absolute atomic E-state index is 12.4. The standard InChI is InChI=1S/C18H25N5O3S2/c1-11-7-9-20-23(11)10-6-8-19-18(27)21-15-13(17(25)26-5)12(2)14(28-15)16(24)22(3)4/h7,9H,6,8,10H2,1-5H3,(H2,19,21,27). The molecular weight excluding hydrogens is 398 g/mol. The lowest BCUT2D eigenvalue weighted by atomic mass is 10.1. The van der Waals surface area contributed by atoms with Crippen LogP contribution in [-0.4, -0.2) is 59.4 Å². The topological polar surface area (TPSA) is 88.5 Å². The van der Waals surface area contributed by atoms with Crippen LogP contribution in [0.5, 0.6) is 0 Å². The van der Waals surface area contributed by atoms with E-state index in [2.05, 4.69) is 15.7 Å². The number of ether oxygens (including phenoxy) is 1. The lowest BCUT2D eigenvalue weighted by molar-refractivity contribution is 0.0601. The summed E-state index contributed by atoms with van der Waals surface area (Å²) in [6, 6.07) is 1.96. The Hall–Kier alpha value is -2.46. The number of aryl methyl sites for hydroxylation is 2. The fourth-order valence-corrected chi connectivity index (χ4v) is 4.06. The highest BCUT2D eigenvalue weighted by Crippen LogP contribution is 2.34. The molecule has 2 heterocycles. The van der Waals surface area contributed by atoms with E-state index in [1.807, 2.05) is 17.7 Å². The van der Waals surface area contributed by atoms with Crippen LogP contribution in [-0.2, 0) is 11.3 Å². The number of rotatable bonds is 7. The fraction of sp³-hybridized carbons (Fsp3) is 0.444. The normalized spacial score (nSPS) is 10.5. The lowest BCUT2D eigenvalue weighted by Crippen LogP contribution is -2.30. The molecule has 0 aliphatic rings. The number of thiophene rings is 1. The Morgan fingerprint density at radius 1 is 1.36 bits per heavy atom. The molecule has 0 unspecified atom stereocenters. The fourth-order valence-electron chi connectivity index (χ4n) is 2.57. The Labute approximate surface area is 173 Å². The SMILES string of the molecule is COC(=O)c1c(NC(=S)NCCCn2nccc2C)sc(C(=O)N(C)C)c1C. The first kappa shape index (κ1) is 21.8. The van der Waals surface area contributed by atoms with Crippen LogP contribution in [0.2, 0.25) is 0 Å². The van der Waals surface area contributed by atoms with Crippen molar-refractivity contribution in [3.05, 3.63) is 34.0 Å². The van der Waals surface area contributed by atoms with E-state index in [9.17, 15) is 9.59 Å². The second-order valence-corrected chi connectivity index (χ2v) is 7.81. The van der Waals surface area contributed by atoms with E-state index in [4.69, 9.17) is 17.0 Å². The minimum Gasteiger partial charge on any atom is -0.465 e. The predicted molar refractivity (Wildman–Crippen MR) is 114 cm³/mol. The van der Waals surface area contributed by atoms with Crippen molar-refractivity contribution in [2.45, 2.75) is 26.8 Å². The highest BCUT2D eigenvalue weighted by molar-refractivity contribution is 7.80. The van der Waals surface area contributed by atoms with Crippen molar-refractivity contribution in [2.24, 2.45) is 0 Å². The summed E-state index contributed by atoms with van der Waals surface area (Å²) in [5.74, 6) is -0.680. The number of thiocarbonyl (C=S) groups is 1. The molecule has 1 amide bonds. The van der Waals surface area contributed by atoms with Gasteiger partial charge in [0.2, 0.25) is 0 Å². The maximum Gasteiger partial charge on any atom is 0.341 e. The third-order valence-corrected chi connectivity index (χ3v) is 5.57. The molecule has 2 aromatic rings. The van der Waals surface area contributed by atoms with E-state index < -0.39 is 5.97 Å². The minimum absolute atomic E-state index is 0.172. The molecule has 0 aromatic carbocycles. The van der Waals surface area contributed by atoms with Gasteiger partial charge in [-0.15, -0.1) is 11.3 Å². The Morgan fingerprint density at radius 2 is 2.07 bits per heavy atom. The number of esters is 1.